The predicted octanol–water partition coefficient (Wildman–Crippen LogP) is 3.43. The summed E-state index contributed by atoms with van der Waals surface area (Å²) in [5.41, 5.74) is 0.694. The number of nitrogens with one attached hydrogen (secondary N) is 1. The molecule has 3 aromatic rings. The van der Waals surface area contributed by atoms with Crippen LogP contribution in [0.25, 0.3) is 10.8 Å². The van der Waals surface area contributed by atoms with Gasteiger partial charge in [0.25, 0.3) is 5.91 Å². The van der Waals surface area contributed by atoms with Gasteiger partial charge in [0.1, 0.15) is 0 Å². The molecule has 2 N–H and O–H groups in total. The van der Waals surface area contributed by atoms with Crippen molar-refractivity contribution < 1.29 is 14.7 Å². The average Bonchev–Trinajstić information content (AvgIpc) is 2.74. The smallest absolute Gasteiger partial charge is 0.254 e. The Hall–Kier alpha value is -3.41. The largest absolute Gasteiger partial charge is 0.504 e. The van der Waals surface area contributed by atoms with Crippen LogP contribution >= 0.6 is 0 Å². The number of piperidine rings is 1. The summed E-state index contributed by atoms with van der Waals surface area (Å²) in [5.74, 6) is -0.275. The Balaban J connectivity index is 1.42. The molecule has 28 heavy (non-hydrogen) atoms. The van der Waals surface area contributed by atoms with Crippen LogP contribution in [-0.4, -0.2) is 39.9 Å². The van der Waals surface area contributed by atoms with E-state index in [9.17, 15) is 14.7 Å². The minimum Gasteiger partial charge on any atom is -0.504 e. The van der Waals surface area contributed by atoms with Crippen molar-refractivity contribution in [3.63, 3.8) is 0 Å². The first-order chi connectivity index (χ1) is 13.6. The van der Waals surface area contributed by atoms with E-state index in [0.29, 0.717) is 31.5 Å². The summed E-state index contributed by atoms with van der Waals surface area (Å²) in [6.45, 7) is 1.04. The summed E-state index contributed by atoms with van der Waals surface area (Å²) in [5, 5.41) is 14.4. The quantitative estimate of drug-likeness (QED) is 0.735. The maximum atomic E-state index is 13.0. The van der Waals surface area contributed by atoms with Crippen LogP contribution in [0.1, 0.15) is 23.2 Å². The molecule has 0 saturated carbocycles. The van der Waals surface area contributed by atoms with Crippen LogP contribution in [0.5, 0.6) is 5.75 Å². The molecule has 1 aliphatic heterocycles. The van der Waals surface area contributed by atoms with Crippen LogP contribution < -0.4 is 5.32 Å². The van der Waals surface area contributed by atoms with E-state index in [1.807, 2.05) is 47.4 Å². The molecule has 2 aromatic carbocycles. The highest BCUT2D eigenvalue weighted by atomic mass is 16.3. The van der Waals surface area contributed by atoms with Gasteiger partial charge in [-0.25, -0.2) is 4.98 Å². The van der Waals surface area contributed by atoms with Gasteiger partial charge in [-0.2, -0.15) is 0 Å². The number of carbonyl (C=O) groups excluding carboxylic acids is 2. The highest BCUT2D eigenvalue weighted by molar-refractivity contribution is 6.07. The zero-order valence-electron chi connectivity index (χ0n) is 15.3. The number of pyridine rings is 1. The lowest BCUT2D eigenvalue weighted by atomic mass is 9.95. The summed E-state index contributed by atoms with van der Waals surface area (Å²) in [6.07, 6.45) is 2.67. The molecule has 0 bridgehead atoms. The molecule has 0 spiro atoms. The molecular formula is C22H21N3O3. The van der Waals surface area contributed by atoms with Gasteiger partial charge in [0.2, 0.25) is 5.91 Å². The predicted molar refractivity (Wildman–Crippen MR) is 107 cm³/mol. The molecule has 0 aliphatic carbocycles. The number of anilines is 1. The molecule has 142 valence electrons. The number of rotatable bonds is 3. The van der Waals surface area contributed by atoms with Crippen LogP contribution in [0.2, 0.25) is 0 Å². The van der Waals surface area contributed by atoms with Gasteiger partial charge in [0, 0.05) is 30.8 Å². The number of nitrogens with zero attached hydrogens (tertiary/aromatic N) is 2. The Morgan fingerprint density at radius 3 is 2.54 bits per heavy atom. The van der Waals surface area contributed by atoms with E-state index in [0.717, 1.165) is 10.8 Å². The Bertz CT molecular complexity index is 1020. The Labute approximate surface area is 162 Å². The SMILES string of the molecule is O=C(Nc1ncccc1O)C1CCN(C(=O)c2cccc3ccccc23)CC1. The molecule has 4 rings (SSSR count). The van der Waals surface area contributed by atoms with Crippen LogP contribution in [-0.2, 0) is 4.79 Å². The van der Waals surface area contributed by atoms with E-state index < -0.39 is 0 Å². The van der Waals surface area contributed by atoms with Crippen LogP contribution in [0.3, 0.4) is 0 Å². The third-order valence-corrected chi connectivity index (χ3v) is 5.20. The van der Waals surface area contributed by atoms with E-state index >= 15 is 0 Å². The van der Waals surface area contributed by atoms with Crippen molar-refractivity contribution in [2.45, 2.75) is 12.8 Å². The topological polar surface area (TPSA) is 82.5 Å². The number of carbonyl (C=O) groups is 2. The fraction of sp³-hybridized carbons (Fsp3) is 0.227. The van der Waals surface area contributed by atoms with Crippen LogP contribution in [0.15, 0.2) is 60.8 Å². The molecule has 6 nitrogen and oxygen atoms in total. The van der Waals surface area contributed by atoms with Gasteiger partial charge in [0.05, 0.1) is 0 Å². The zero-order chi connectivity index (χ0) is 19.5. The van der Waals surface area contributed by atoms with E-state index in [2.05, 4.69) is 10.3 Å². The Morgan fingerprint density at radius 2 is 1.75 bits per heavy atom. The van der Waals surface area contributed by atoms with Crippen molar-refractivity contribution in [3.05, 3.63) is 66.4 Å². The second-order valence-electron chi connectivity index (χ2n) is 6.95. The van der Waals surface area contributed by atoms with Crippen molar-refractivity contribution >= 4 is 28.4 Å². The molecule has 0 atom stereocenters. The summed E-state index contributed by atoms with van der Waals surface area (Å²) < 4.78 is 0. The average molecular weight is 375 g/mol. The number of hydrogen-bond donors (Lipinski definition) is 2. The normalized spacial score (nSPS) is 14.8. The maximum Gasteiger partial charge on any atom is 0.254 e. The summed E-state index contributed by atoms with van der Waals surface area (Å²) in [4.78, 5) is 31.3. The third-order valence-electron chi connectivity index (χ3n) is 5.20. The number of amides is 2. The Kier molecular flexibility index (Phi) is 4.93. The summed E-state index contributed by atoms with van der Waals surface area (Å²) in [7, 11) is 0. The first-order valence-electron chi connectivity index (χ1n) is 9.35. The van der Waals surface area contributed by atoms with Gasteiger partial charge in [-0.3, -0.25) is 9.59 Å². The van der Waals surface area contributed by atoms with Gasteiger partial charge in [-0.1, -0.05) is 36.4 Å². The molecule has 2 heterocycles. The van der Waals surface area contributed by atoms with Crippen molar-refractivity contribution in [1.82, 2.24) is 9.88 Å². The number of aromatic nitrogens is 1. The van der Waals surface area contributed by atoms with Crippen LogP contribution in [0, 0.1) is 5.92 Å². The molecule has 1 saturated heterocycles. The highest BCUT2D eigenvalue weighted by Gasteiger charge is 2.28. The summed E-state index contributed by atoms with van der Waals surface area (Å²) in [6, 6.07) is 16.7. The highest BCUT2D eigenvalue weighted by Crippen LogP contribution is 2.25. The monoisotopic (exact) mass is 375 g/mol. The van der Waals surface area contributed by atoms with Gasteiger partial charge in [-0.05, 0) is 41.8 Å². The molecule has 2 amide bonds. The second kappa shape index (κ2) is 7.68. The molecule has 0 radical (unpaired) electrons. The van der Waals surface area contributed by atoms with E-state index in [4.69, 9.17) is 0 Å². The van der Waals surface area contributed by atoms with Crippen molar-refractivity contribution in [2.75, 3.05) is 18.4 Å². The van der Waals surface area contributed by atoms with Gasteiger partial charge in [0.15, 0.2) is 11.6 Å². The van der Waals surface area contributed by atoms with Gasteiger partial charge in [-0.15, -0.1) is 0 Å². The lowest BCUT2D eigenvalue weighted by Gasteiger charge is -2.31. The van der Waals surface area contributed by atoms with Gasteiger partial charge >= 0.3 is 0 Å². The maximum absolute atomic E-state index is 13.0. The molecular weight excluding hydrogens is 354 g/mol. The molecule has 1 aromatic heterocycles. The fourth-order valence-corrected chi connectivity index (χ4v) is 3.64. The first-order valence-corrected chi connectivity index (χ1v) is 9.35. The second-order valence-corrected chi connectivity index (χ2v) is 6.95. The van der Waals surface area contributed by atoms with Gasteiger partial charge < -0.3 is 15.3 Å². The minimum absolute atomic E-state index is 0.00183. The number of hydrogen-bond acceptors (Lipinski definition) is 4. The van der Waals surface area contributed by atoms with E-state index in [1.54, 1.807) is 6.07 Å². The molecule has 0 unspecified atom stereocenters. The zero-order valence-corrected chi connectivity index (χ0v) is 15.3. The third kappa shape index (κ3) is 3.53. The lowest BCUT2D eigenvalue weighted by molar-refractivity contribution is -0.121. The van der Waals surface area contributed by atoms with E-state index in [-0.39, 0.29) is 29.3 Å². The van der Waals surface area contributed by atoms with Crippen molar-refractivity contribution in [1.29, 1.82) is 0 Å². The first kappa shape index (κ1) is 18.0. The van der Waals surface area contributed by atoms with Crippen molar-refractivity contribution in [3.8, 4) is 5.75 Å². The van der Waals surface area contributed by atoms with Crippen molar-refractivity contribution in [2.24, 2.45) is 5.92 Å². The number of likely N-dealkylation sites (tertiary alicyclic amines) is 1. The molecule has 6 heteroatoms. The number of benzene rings is 2. The number of aromatic hydroxyl groups is 1. The number of fused-ring (bicyclic) bond motifs is 1. The van der Waals surface area contributed by atoms with E-state index in [1.165, 1.54) is 12.3 Å². The van der Waals surface area contributed by atoms with Crippen LogP contribution in [0.4, 0.5) is 5.82 Å². The summed E-state index contributed by atoms with van der Waals surface area (Å²) >= 11 is 0. The minimum atomic E-state index is -0.210. The standard InChI is InChI=1S/C22H21N3O3/c26-19-9-4-12-23-20(19)24-21(27)16-10-13-25(14-11-16)22(28)18-8-3-6-15-5-1-2-7-17(15)18/h1-9,12,16,26H,10-11,13-14H2,(H,23,24,27). The fourth-order valence-electron chi connectivity index (χ4n) is 3.64. The molecule has 1 fully saturated rings. The molecule has 1 aliphatic rings. The Morgan fingerprint density at radius 1 is 1.00 bits per heavy atom. The lowest BCUT2D eigenvalue weighted by Crippen LogP contribution is -2.41.